The van der Waals surface area contributed by atoms with Gasteiger partial charge in [-0.05, 0) is 48.6 Å². The first-order valence-electron chi connectivity index (χ1n) is 10.1. The highest BCUT2D eigenvalue weighted by molar-refractivity contribution is 5.78. The van der Waals surface area contributed by atoms with Crippen molar-refractivity contribution in [2.45, 2.75) is 32.2 Å². The zero-order valence-electron chi connectivity index (χ0n) is 16.2. The quantitative estimate of drug-likeness (QED) is 0.885. The number of nitrogens with zero attached hydrogens (tertiary/aromatic N) is 2. The highest BCUT2D eigenvalue weighted by Crippen LogP contribution is 2.24. The molecule has 0 bridgehead atoms. The fourth-order valence-corrected chi connectivity index (χ4v) is 4.12. The molecule has 1 unspecified atom stereocenters. The van der Waals surface area contributed by atoms with Crippen molar-refractivity contribution in [3.05, 3.63) is 65.2 Å². The number of hydrogen-bond donors (Lipinski definition) is 1. The molecule has 1 N–H and O–H groups in total. The van der Waals surface area contributed by atoms with Crippen LogP contribution in [0.25, 0.3) is 0 Å². The number of nitrogens with one attached hydrogen (secondary N) is 1. The van der Waals surface area contributed by atoms with E-state index in [0.29, 0.717) is 6.42 Å². The third kappa shape index (κ3) is 4.51. The van der Waals surface area contributed by atoms with Crippen LogP contribution in [0.3, 0.4) is 0 Å². The lowest BCUT2D eigenvalue weighted by Crippen LogP contribution is -2.47. The van der Waals surface area contributed by atoms with Crippen LogP contribution in [0.5, 0.6) is 0 Å². The van der Waals surface area contributed by atoms with Crippen molar-refractivity contribution < 1.29 is 4.79 Å². The van der Waals surface area contributed by atoms with Gasteiger partial charge in [0, 0.05) is 44.8 Å². The molecule has 2 saturated heterocycles. The van der Waals surface area contributed by atoms with Gasteiger partial charge in [0.1, 0.15) is 0 Å². The number of amides is 1. The predicted octanol–water partition coefficient (Wildman–Crippen LogP) is 3.31. The Balaban J connectivity index is 1.24. The second kappa shape index (κ2) is 8.13. The van der Waals surface area contributed by atoms with Crippen LogP contribution in [0.15, 0.2) is 48.5 Å². The Bertz CT molecular complexity index is 778. The van der Waals surface area contributed by atoms with E-state index in [-0.39, 0.29) is 11.9 Å². The maximum Gasteiger partial charge on any atom is 0.220 e. The summed E-state index contributed by atoms with van der Waals surface area (Å²) in [4.78, 5) is 16.4. The minimum Gasteiger partial charge on any atom is -0.369 e. The van der Waals surface area contributed by atoms with Crippen molar-refractivity contribution in [1.82, 2.24) is 10.2 Å². The van der Waals surface area contributed by atoms with Crippen LogP contribution in [0.4, 0.5) is 5.69 Å². The summed E-state index contributed by atoms with van der Waals surface area (Å²) in [5, 5.41) is 3.04. The van der Waals surface area contributed by atoms with Crippen LogP contribution >= 0.6 is 0 Å². The number of piperazine rings is 1. The number of carbonyl (C=O) groups excluding carboxylic acids is 1. The molecule has 27 heavy (non-hydrogen) atoms. The van der Waals surface area contributed by atoms with E-state index in [9.17, 15) is 4.79 Å². The van der Waals surface area contributed by atoms with Gasteiger partial charge in [-0.1, -0.05) is 36.4 Å². The number of hydrogen-bond acceptors (Lipinski definition) is 3. The normalized spacial score (nSPS) is 20.7. The average Bonchev–Trinajstić information content (AvgIpc) is 3.13. The Labute approximate surface area is 162 Å². The number of benzene rings is 2. The number of carbonyl (C=O) groups is 1. The first-order valence-corrected chi connectivity index (χ1v) is 10.1. The molecule has 2 aliphatic rings. The van der Waals surface area contributed by atoms with Crippen LogP contribution in [0, 0.1) is 6.92 Å². The van der Waals surface area contributed by atoms with E-state index in [1.807, 2.05) is 0 Å². The van der Waals surface area contributed by atoms with Crippen molar-refractivity contribution in [2.75, 3.05) is 37.6 Å². The predicted molar refractivity (Wildman–Crippen MR) is 110 cm³/mol. The number of aryl methyl sites for hydroxylation is 1. The van der Waals surface area contributed by atoms with E-state index in [1.165, 1.54) is 22.4 Å². The van der Waals surface area contributed by atoms with Gasteiger partial charge >= 0.3 is 0 Å². The van der Waals surface area contributed by atoms with Gasteiger partial charge in [0.2, 0.25) is 5.91 Å². The van der Waals surface area contributed by atoms with Crippen molar-refractivity contribution in [2.24, 2.45) is 0 Å². The first kappa shape index (κ1) is 18.1. The first-order chi connectivity index (χ1) is 13.2. The van der Waals surface area contributed by atoms with E-state index in [4.69, 9.17) is 0 Å². The largest absolute Gasteiger partial charge is 0.369 e. The third-order valence-electron chi connectivity index (χ3n) is 5.83. The van der Waals surface area contributed by atoms with Crippen molar-refractivity contribution >= 4 is 11.6 Å². The molecule has 2 heterocycles. The molecule has 4 rings (SSSR count). The highest BCUT2D eigenvalue weighted by atomic mass is 16.1. The van der Waals surface area contributed by atoms with E-state index >= 15 is 0 Å². The summed E-state index contributed by atoms with van der Waals surface area (Å²) in [5.41, 5.74) is 5.29. The molecule has 0 spiro atoms. The molecule has 2 aromatic rings. The fourth-order valence-electron chi connectivity index (χ4n) is 4.12. The highest BCUT2D eigenvalue weighted by Gasteiger charge is 2.22. The molecule has 4 heteroatoms. The summed E-state index contributed by atoms with van der Waals surface area (Å²) in [6.45, 7) is 7.72. The molecule has 0 aromatic heterocycles. The maximum atomic E-state index is 11.4. The Kier molecular flexibility index (Phi) is 5.44. The molecule has 0 saturated carbocycles. The van der Waals surface area contributed by atoms with E-state index in [1.54, 1.807) is 0 Å². The molecule has 0 aliphatic carbocycles. The topological polar surface area (TPSA) is 35.6 Å². The number of anilines is 1. The van der Waals surface area contributed by atoms with E-state index < -0.39 is 0 Å². The Morgan fingerprint density at radius 1 is 1.04 bits per heavy atom. The zero-order valence-corrected chi connectivity index (χ0v) is 16.2. The summed E-state index contributed by atoms with van der Waals surface area (Å²) >= 11 is 0. The molecule has 142 valence electrons. The standard InChI is InChI=1S/C23H29N3O/c1-18-3-2-4-21(17-18)26-15-13-25(14-16-26)12-11-19-5-7-20(8-6-19)22-9-10-23(27)24-22/h2-8,17,22H,9-16H2,1H3,(H,24,27). The molecule has 2 aromatic carbocycles. The molecular formula is C23H29N3O. The SMILES string of the molecule is Cc1cccc(N2CCN(CCc3ccc(C4CCC(=O)N4)cc3)CC2)c1. The molecular weight excluding hydrogens is 334 g/mol. The van der Waals surface area contributed by atoms with Crippen LogP contribution in [-0.2, 0) is 11.2 Å². The summed E-state index contributed by atoms with van der Waals surface area (Å²) in [7, 11) is 0. The lowest BCUT2D eigenvalue weighted by atomic mass is 10.0. The summed E-state index contributed by atoms with van der Waals surface area (Å²) in [6, 6.07) is 17.8. The lowest BCUT2D eigenvalue weighted by Gasteiger charge is -2.36. The Hall–Kier alpha value is -2.33. The lowest BCUT2D eigenvalue weighted by molar-refractivity contribution is -0.119. The second-order valence-electron chi connectivity index (χ2n) is 7.82. The smallest absolute Gasteiger partial charge is 0.220 e. The van der Waals surface area contributed by atoms with Crippen LogP contribution in [0.1, 0.15) is 35.6 Å². The minimum absolute atomic E-state index is 0.175. The molecule has 2 aliphatic heterocycles. The van der Waals surface area contributed by atoms with Crippen LogP contribution < -0.4 is 10.2 Å². The molecule has 1 amide bonds. The maximum absolute atomic E-state index is 11.4. The summed E-state index contributed by atoms with van der Waals surface area (Å²) in [6.07, 6.45) is 2.66. The molecule has 2 fully saturated rings. The van der Waals surface area contributed by atoms with E-state index in [0.717, 1.165) is 45.6 Å². The van der Waals surface area contributed by atoms with Gasteiger partial charge in [-0.15, -0.1) is 0 Å². The van der Waals surface area contributed by atoms with Gasteiger partial charge < -0.3 is 10.2 Å². The monoisotopic (exact) mass is 363 g/mol. The van der Waals surface area contributed by atoms with Crippen LogP contribution in [-0.4, -0.2) is 43.5 Å². The summed E-state index contributed by atoms with van der Waals surface area (Å²) < 4.78 is 0. The molecule has 1 atom stereocenters. The van der Waals surface area contributed by atoms with Crippen molar-refractivity contribution in [3.8, 4) is 0 Å². The van der Waals surface area contributed by atoms with Gasteiger partial charge in [-0.3, -0.25) is 9.69 Å². The fraction of sp³-hybridized carbons (Fsp3) is 0.435. The molecule has 0 radical (unpaired) electrons. The van der Waals surface area contributed by atoms with Crippen LogP contribution in [0.2, 0.25) is 0 Å². The average molecular weight is 364 g/mol. The Morgan fingerprint density at radius 2 is 1.81 bits per heavy atom. The van der Waals surface area contributed by atoms with Gasteiger partial charge in [0.25, 0.3) is 0 Å². The Morgan fingerprint density at radius 3 is 2.48 bits per heavy atom. The summed E-state index contributed by atoms with van der Waals surface area (Å²) in [5.74, 6) is 0.175. The van der Waals surface area contributed by atoms with Crippen molar-refractivity contribution in [1.29, 1.82) is 0 Å². The number of rotatable bonds is 5. The minimum atomic E-state index is 0.175. The van der Waals surface area contributed by atoms with Gasteiger partial charge in [0.15, 0.2) is 0 Å². The van der Waals surface area contributed by atoms with Gasteiger partial charge in [-0.2, -0.15) is 0 Å². The van der Waals surface area contributed by atoms with Gasteiger partial charge in [-0.25, -0.2) is 0 Å². The van der Waals surface area contributed by atoms with E-state index in [2.05, 4.69) is 70.6 Å². The molecule has 4 nitrogen and oxygen atoms in total. The second-order valence-corrected chi connectivity index (χ2v) is 7.82. The zero-order chi connectivity index (χ0) is 18.6. The van der Waals surface area contributed by atoms with Gasteiger partial charge in [0.05, 0.1) is 6.04 Å². The third-order valence-corrected chi connectivity index (χ3v) is 5.83. The van der Waals surface area contributed by atoms with Crippen molar-refractivity contribution in [3.63, 3.8) is 0 Å².